The van der Waals surface area contributed by atoms with Gasteiger partial charge in [-0.3, -0.25) is 10.0 Å². The van der Waals surface area contributed by atoms with Crippen LogP contribution in [0, 0.1) is 0 Å². The first kappa shape index (κ1) is 8.14. The van der Waals surface area contributed by atoms with Gasteiger partial charge < -0.3 is 0 Å². The third kappa shape index (κ3) is 3.70. The van der Waals surface area contributed by atoms with Crippen LogP contribution in [0.1, 0.15) is 13.8 Å². The van der Waals surface area contributed by atoms with E-state index in [9.17, 15) is 0 Å². The molecule has 0 aliphatic heterocycles. The second kappa shape index (κ2) is 4.06. The van der Waals surface area contributed by atoms with Gasteiger partial charge in [-0.25, -0.2) is 0 Å². The molecule has 52 valence electrons. The van der Waals surface area contributed by atoms with Gasteiger partial charge >= 0.3 is 0 Å². The quantitative estimate of drug-likeness (QED) is 0.315. The molecule has 0 N–H and O–H groups in total. The van der Waals surface area contributed by atoms with Crippen LogP contribution in [-0.4, -0.2) is 31.2 Å². The number of aliphatic imine (C=N–C) groups is 1. The van der Waals surface area contributed by atoms with Crippen molar-refractivity contribution in [3.05, 3.63) is 0 Å². The number of hydrazone groups is 1. The fraction of sp³-hybridized carbons (Fsp3) is 0.667. The standard InChI is InChI=1S/C6H13N3/c1-6(2)9(4)8-5-7-3/h5-6H,3H2,1-2,4H3/b8-5-. The summed E-state index contributed by atoms with van der Waals surface area (Å²) in [5, 5.41) is 5.74. The summed E-state index contributed by atoms with van der Waals surface area (Å²) in [7, 11) is 1.90. The highest BCUT2D eigenvalue weighted by molar-refractivity contribution is 5.61. The van der Waals surface area contributed by atoms with Gasteiger partial charge in [0.2, 0.25) is 0 Å². The summed E-state index contributed by atoms with van der Waals surface area (Å²) in [6.45, 7) is 7.38. The Balaban J connectivity index is 3.61. The maximum atomic E-state index is 3.92. The minimum absolute atomic E-state index is 0.419. The molecule has 0 amide bonds. The Morgan fingerprint density at radius 3 is 2.44 bits per heavy atom. The van der Waals surface area contributed by atoms with Crippen LogP contribution in [0.4, 0.5) is 0 Å². The number of nitrogens with zero attached hydrogens (tertiary/aromatic N) is 3. The maximum Gasteiger partial charge on any atom is 0.134 e. The average molecular weight is 127 g/mol. The lowest BCUT2D eigenvalue weighted by atomic mass is 10.4. The fourth-order valence-electron chi connectivity index (χ4n) is 0.251. The maximum absolute atomic E-state index is 3.92. The molecule has 0 fully saturated rings. The van der Waals surface area contributed by atoms with Gasteiger partial charge in [-0.05, 0) is 20.6 Å². The molecule has 0 aromatic heterocycles. The van der Waals surface area contributed by atoms with Gasteiger partial charge in [0.1, 0.15) is 6.34 Å². The Hall–Kier alpha value is -0.860. The van der Waals surface area contributed by atoms with E-state index in [2.05, 4.69) is 30.7 Å². The van der Waals surface area contributed by atoms with Crippen molar-refractivity contribution >= 4 is 13.1 Å². The molecular formula is C6H13N3. The zero-order chi connectivity index (χ0) is 7.28. The lowest BCUT2D eigenvalue weighted by molar-refractivity contribution is 0.290. The van der Waals surface area contributed by atoms with Gasteiger partial charge in [-0.2, -0.15) is 5.10 Å². The van der Waals surface area contributed by atoms with E-state index in [-0.39, 0.29) is 0 Å². The van der Waals surface area contributed by atoms with Crippen molar-refractivity contribution in [3.63, 3.8) is 0 Å². The van der Waals surface area contributed by atoms with Crippen LogP contribution >= 0.6 is 0 Å². The molecule has 0 saturated heterocycles. The molecule has 0 unspecified atom stereocenters. The van der Waals surface area contributed by atoms with Gasteiger partial charge in [0.25, 0.3) is 0 Å². The van der Waals surface area contributed by atoms with E-state index in [1.807, 2.05) is 12.1 Å². The Labute approximate surface area is 56.1 Å². The van der Waals surface area contributed by atoms with Gasteiger partial charge in [0.15, 0.2) is 0 Å². The van der Waals surface area contributed by atoms with Crippen LogP contribution in [0.25, 0.3) is 0 Å². The van der Waals surface area contributed by atoms with Gasteiger partial charge in [0.05, 0.1) is 0 Å². The van der Waals surface area contributed by atoms with Crippen LogP contribution in [0.3, 0.4) is 0 Å². The monoisotopic (exact) mass is 127 g/mol. The first-order valence-electron chi connectivity index (χ1n) is 2.89. The molecular weight excluding hydrogens is 114 g/mol. The molecule has 3 nitrogen and oxygen atoms in total. The molecule has 3 heteroatoms. The topological polar surface area (TPSA) is 28.0 Å². The third-order valence-electron chi connectivity index (χ3n) is 1.06. The lowest BCUT2D eigenvalue weighted by Gasteiger charge is -2.15. The minimum Gasteiger partial charge on any atom is -0.296 e. The highest BCUT2D eigenvalue weighted by Crippen LogP contribution is 1.91. The third-order valence-corrected chi connectivity index (χ3v) is 1.06. The molecule has 0 saturated carbocycles. The lowest BCUT2D eigenvalue weighted by Crippen LogP contribution is -2.19. The summed E-state index contributed by atoms with van der Waals surface area (Å²) in [5.74, 6) is 0. The molecule has 0 rings (SSSR count). The molecule has 0 spiro atoms. The van der Waals surface area contributed by atoms with E-state index < -0.39 is 0 Å². The molecule has 0 aliphatic rings. The van der Waals surface area contributed by atoms with E-state index in [4.69, 9.17) is 0 Å². The van der Waals surface area contributed by atoms with E-state index in [1.54, 1.807) is 0 Å². The summed E-state index contributed by atoms with van der Waals surface area (Å²) >= 11 is 0. The first-order chi connectivity index (χ1) is 4.18. The van der Waals surface area contributed by atoms with Crippen molar-refractivity contribution in [2.45, 2.75) is 19.9 Å². The molecule has 0 bridgehead atoms. The summed E-state index contributed by atoms with van der Waals surface area (Å²) in [4.78, 5) is 3.47. The van der Waals surface area contributed by atoms with E-state index in [1.165, 1.54) is 6.34 Å². The van der Waals surface area contributed by atoms with Crippen LogP contribution in [-0.2, 0) is 0 Å². The summed E-state index contributed by atoms with van der Waals surface area (Å²) in [5.41, 5.74) is 0. The van der Waals surface area contributed by atoms with Crippen molar-refractivity contribution in [2.75, 3.05) is 7.05 Å². The molecule has 0 atom stereocenters. The molecule has 0 aromatic rings. The van der Waals surface area contributed by atoms with Gasteiger partial charge in [-0.1, -0.05) is 0 Å². The summed E-state index contributed by atoms with van der Waals surface area (Å²) in [6.07, 6.45) is 1.43. The normalized spacial score (nSPS) is 10.7. The minimum atomic E-state index is 0.419. The summed E-state index contributed by atoms with van der Waals surface area (Å²) in [6, 6.07) is 0.419. The highest BCUT2D eigenvalue weighted by Gasteiger charge is 1.94. The van der Waals surface area contributed by atoms with Crippen molar-refractivity contribution in [2.24, 2.45) is 10.1 Å². The van der Waals surface area contributed by atoms with Gasteiger partial charge in [0, 0.05) is 13.1 Å². The van der Waals surface area contributed by atoms with Crippen molar-refractivity contribution in [1.82, 2.24) is 5.01 Å². The van der Waals surface area contributed by atoms with E-state index >= 15 is 0 Å². The molecule has 0 aromatic carbocycles. The highest BCUT2D eigenvalue weighted by atomic mass is 15.4. The van der Waals surface area contributed by atoms with E-state index in [0.717, 1.165) is 0 Å². The first-order valence-corrected chi connectivity index (χ1v) is 2.89. The van der Waals surface area contributed by atoms with Crippen LogP contribution in [0.2, 0.25) is 0 Å². The molecule has 0 radical (unpaired) electrons. The zero-order valence-electron chi connectivity index (χ0n) is 6.20. The van der Waals surface area contributed by atoms with Crippen molar-refractivity contribution in [3.8, 4) is 0 Å². The fourth-order valence-corrected chi connectivity index (χ4v) is 0.251. The molecule has 0 heterocycles. The van der Waals surface area contributed by atoms with Crippen LogP contribution in [0.5, 0.6) is 0 Å². The SMILES string of the molecule is C=N/C=N\N(C)C(C)C. The van der Waals surface area contributed by atoms with E-state index in [0.29, 0.717) is 6.04 Å². The van der Waals surface area contributed by atoms with Gasteiger partial charge in [-0.15, -0.1) is 0 Å². The second-order valence-corrected chi connectivity index (χ2v) is 2.08. The van der Waals surface area contributed by atoms with Crippen LogP contribution < -0.4 is 0 Å². The number of hydrogen-bond donors (Lipinski definition) is 0. The Kier molecular flexibility index (Phi) is 3.67. The summed E-state index contributed by atoms with van der Waals surface area (Å²) < 4.78 is 0. The largest absolute Gasteiger partial charge is 0.296 e. The zero-order valence-corrected chi connectivity index (χ0v) is 6.20. The molecule has 9 heavy (non-hydrogen) atoms. The molecule has 0 aliphatic carbocycles. The average Bonchev–Trinajstić information content (AvgIpc) is 1.82. The van der Waals surface area contributed by atoms with Crippen LogP contribution in [0.15, 0.2) is 10.1 Å². The number of rotatable bonds is 3. The van der Waals surface area contributed by atoms with Crippen molar-refractivity contribution < 1.29 is 0 Å². The smallest absolute Gasteiger partial charge is 0.134 e. The van der Waals surface area contributed by atoms with Crippen molar-refractivity contribution in [1.29, 1.82) is 0 Å². The number of hydrogen-bond acceptors (Lipinski definition) is 2. The second-order valence-electron chi connectivity index (χ2n) is 2.08. The predicted molar refractivity (Wildman–Crippen MR) is 40.9 cm³/mol. The predicted octanol–water partition coefficient (Wildman–Crippen LogP) is 0.970. The Morgan fingerprint density at radius 1 is 1.56 bits per heavy atom. The Bertz CT molecular complexity index is 107. The Morgan fingerprint density at radius 2 is 2.11 bits per heavy atom.